The zero-order chi connectivity index (χ0) is 13.1. The van der Waals surface area contributed by atoms with Crippen molar-refractivity contribution in [2.75, 3.05) is 20.1 Å². The first-order valence-corrected chi connectivity index (χ1v) is 6.65. The number of likely N-dealkylation sites (tertiary alicyclic amines) is 1. The second kappa shape index (κ2) is 5.53. The van der Waals surface area contributed by atoms with Gasteiger partial charge in [0, 0.05) is 24.7 Å². The van der Waals surface area contributed by atoms with Gasteiger partial charge in [-0.3, -0.25) is 4.79 Å². The SMILES string of the molecule is CNC1CCN(C(=O)c2ccc(C)cc2)CC1C. The minimum Gasteiger partial charge on any atom is -0.338 e. The number of amides is 1. The lowest BCUT2D eigenvalue weighted by atomic mass is 9.93. The molecule has 0 radical (unpaired) electrons. The normalized spacial score (nSPS) is 24.1. The van der Waals surface area contributed by atoms with E-state index in [0.29, 0.717) is 12.0 Å². The molecule has 0 bridgehead atoms. The Morgan fingerprint density at radius 3 is 2.56 bits per heavy atom. The second-order valence-corrected chi connectivity index (χ2v) is 5.28. The van der Waals surface area contributed by atoms with Gasteiger partial charge >= 0.3 is 0 Å². The molecule has 1 aromatic carbocycles. The molecule has 1 amide bonds. The van der Waals surface area contributed by atoms with Crippen LogP contribution in [0.1, 0.15) is 29.3 Å². The second-order valence-electron chi connectivity index (χ2n) is 5.28. The van der Waals surface area contributed by atoms with Crippen LogP contribution in [0.5, 0.6) is 0 Å². The summed E-state index contributed by atoms with van der Waals surface area (Å²) in [5, 5.41) is 3.32. The number of aryl methyl sites for hydroxylation is 1. The van der Waals surface area contributed by atoms with Crippen molar-refractivity contribution in [3.63, 3.8) is 0 Å². The van der Waals surface area contributed by atoms with E-state index in [4.69, 9.17) is 0 Å². The van der Waals surface area contributed by atoms with Crippen LogP contribution in [0.2, 0.25) is 0 Å². The van der Waals surface area contributed by atoms with Gasteiger partial charge < -0.3 is 10.2 Å². The zero-order valence-corrected chi connectivity index (χ0v) is 11.4. The highest BCUT2D eigenvalue weighted by Crippen LogP contribution is 2.18. The Balaban J connectivity index is 2.04. The van der Waals surface area contributed by atoms with Crippen LogP contribution in [-0.4, -0.2) is 37.0 Å². The van der Waals surface area contributed by atoms with Gasteiger partial charge in [0.25, 0.3) is 5.91 Å². The number of nitrogens with zero attached hydrogens (tertiary/aromatic N) is 1. The summed E-state index contributed by atoms with van der Waals surface area (Å²) in [6, 6.07) is 8.37. The number of hydrogen-bond donors (Lipinski definition) is 1. The number of rotatable bonds is 2. The van der Waals surface area contributed by atoms with Gasteiger partial charge in [-0.2, -0.15) is 0 Å². The molecule has 2 atom stereocenters. The van der Waals surface area contributed by atoms with Crippen LogP contribution in [0.4, 0.5) is 0 Å². The Labute approximate surface area is 109 Å². The van der Waals surface area contributed by atoms with Gasteiger partial charge in [0.2, 0.25) is 0 Å². The van der Waals surface area contributed by atoms with Crippen LogP contribution < -0.4 is 5.32 Å². The summed E-state index contributed by atoms with van der Waals surface area (Å²) in [6.07, 6.45) is 1.04. The van der Waals surface area contributed by atoms with Crippen LogP contribution >= 0.6 is 0 Å². The largest absolute Gasteiger partial charge is 0.338 e. The number of nitrogens with one attached hydrogen (secondary N) is 1. The van der Waals surface area contributed by atoms with Crippen molar-refractivity contribution in [3.8, 4) is 0 Å². The molecule has 1 aliphatic heterocycles. The van der Waals surface area contributed by atoms with Gasteiger partial charge in [0.15, 0.2) is 0 Å². The summed E-state index contributed by atoms with van der Waals surface area (Å²) in [4.78, 5) is 14.3. The lowest BCUT2D eigenvalue weighted by Gasteiger charge is -2.36. The molecule has 0 aliphatic carbocycles. The van der Waals surface area contributed by atoms with Crippen molar-refractivity contribution in [1.29, 1.82) is 0 Å². The van der Waals surface area contributed by atoms with E-state index in [1.807, 2.05) is 43.1 Å². The summed E-state index contributed by atoms with van der Waals surface area (Å²) >= 11 is 0. The van der Waals surface area contributed by atoms with E-state index >= 15 is 0 Å². The number of carbonyl (C=O) groups excluding carboxylic acids is 1. The highest BCUT2D eigenvalue weighted by atomic mass is 16.2. The molecule has 2 rings (SSSR count). The molecule has 18 heavy (non-hydrogen) atoms. The number of benzene rings is 1. The Bertz CT molecular complexity index is 413. The molecule has 1 N–H and O–H groups in total. The maximum Gasteiger partial charge on any atom is 0.253 e. The molecular formula is C15H22N2O. The first-order chi connectivity index (χ1) is 8.61. The molecule has 0 aromatic heterocycles. The van der Waals surface area contributed by atoms with Crippen LogP contribution in [0.3, 0.4) is 0 Å². The van der Waals surface area contributed by atoms with E-state index in [1.165, 1.54) is 5.56 Å². The maximum atomic E-state index is 12.4. The average molecular weight is 246 g/mol. The summed E-state index contributed by atoms with van der Waals surface area (Å²) in [6.45, 7) is 5.94. The maximum absolute atomic E-state index is 12.4. The van der Waals surface area contributed by atoms with Crippen molar-refractivity contribution in [2.24, 2.45) is 5.92 Å². The van der Waals surface area contributed by atoms with Gasteiger partial charge in [0.1, 0.15) is 0 Å². The molecule has 1 fully saturated rings. The van der Waals surface area contributed by atoms with Crippen LogP contribution in [-0.2, 0) is 0 Å². The highest BCUT2D eigenvalue weighted by molar-refractivity contribution is 5.94. The van der Waals surface area contributed by atoms with Crippen molar-refractivity contribution in [1.82, 2.24) is 10.2 Å². The van der Waals surface area contributed by atoms with E-state index in [9.17, 15) is 4.79 Å². The van der Waals surface area contributed by atoms with Crippen molar-refractivity contribution >= 4 is 5.91 Å². The third kappa shape index (κ3) is 2.72. The first kappa shape index (κ1) is 13.1. The molecular weight excluding hydrogens is 224 g/mol. The van der Waals surface area contributed by atoms with Crippen LogP contribution in [0, 0.1) is 12.8 Å². The fraction of sp³-hybridized carbons (Fsp3) is 0.533. The van der Waals surface area contributed by atoms with Gasteiger partial charge in [-0.25, -0.2) is 0 Å². The first-order valence-electron chi connectivity index (χ1n) is 6.65. The summed E-state index contributed by atoms with van der Waals surface area (Å²) in [7, 11) is 2.00. The fourth-order valence-corrected chi connectivity index (χ4v) is 2.64. The van der Waals surface area contributed by atoms with Gasteiger partial charge in [0.05, 0.1) is 0 Å². The predicted molar refractivity (Wildman–Crippen MR) is 73.7 cm³/mol. The molecule has 2 unspecified atom stereocenters. The van der Waals surface area contributed by atoms with Gasteiger partial charge in [-0.05, 0) is 38.4 Å². The number of piperidine rings is 1. The summed E-state index contributed by atoms with van der Waals surface area (Å²) in [5.41, 5.74) is 1.99. The van der Waals surface area contributed by atoms with E-state index in [-0.39, 0.29) is 5.91 Å². The number of carbonyl (C=O) groups is 1. The molecule has 3 nitrogen and oxygen atoms in total. The van der Waals surface area contributed by atoms with E-state index in [0.717, 1.165) is 25.1 Å². The third-order valence-electron chi connectivity index (χ3n) is 3.86. The summed E-state index contributed by atoms with van der Waals surface area (Å²) in [5.74, 6) is 0.676. The highest BCUT2D eigenvalue weighted by Gasteiger charge is 2.27. The molecule has 0 spiro atoms. The van der Waals surface area contributed by atoms with Crippen molar-refractivity contribution < 1.29 is 4.79 Å². The minimum absolute atomic E-state index is 0.163. The molecule has 98 valence electrons. The van der Waals surface area contributed by atoms with E-state index in [1.54, 1.807) is 0 Å². The van der Waals surface area contributed by atoms with Crippen molar-refractivity contribution in [3.05, 3.63) is 35.4 Å². The molecule has 3 heteroatoms. The predicted octanol–water partition coefficient (Wildman–Crippen LogP) is 2.07. The minimum atomic E-state index is 0.163. The lowest BCUT2D eigenvalue weighted by molar-refractivity contribution is 0.0649. The van der Waals surface area contributed by atoms with Gasteiger partial charge in [-0.1, -0.05) is 24.6 Å². The molecule has 1 aromatic rings. The standard InChI is InChI=1S/C15H22N2O/c1-11-4-6-13(7-5-11)15(18)17-9-8-14(16-3)12(2)10-17/h4-7,12,14,16H,8-10H2,1-3H3. The zero-order valence-electron chi connectivity index (χ0n) is 11.4. The molecule has 1 saturated heterocycles. The van der Waals surface area contributed by atoms with Crippen LogP contribution in [0.15, 0.2) is 24.3 Å². The Kier molecular flexibility index (Phi) is 4.02. The monoisotopic (exact) mass is 246 g/mol. The number of hydrogen-bond acceptors (Lipinski definition) is 2. The average Bonchev–Trinajstić information content (AvgIpc) is 2.38. The van der Waals surface area contributed by atoms with Crippen LogP contribution in [0.25, 0.3) is 0 Å². The summed E-state index contributed by atoms with van der Waals surface area (Å²) < 4.78 is 0. The smallest absolute Gasteiger partial charge is 0.253 e. The fourth-order valence-electron chi connectivity index (χ4n) is 2.64. The third-order valence-corrected chi connectivity index (χ3v) is 3.86. The molecule has 1 heterocycles. The van der Waals surface area contributed by atoms with Crippen molar-refractivity contribution in [2.45, 2.75) is 26.3 Å². The molecule has 0 saturated carbocycles. The van der Waals surface area contributed by atoms with Gasteiger partial charge in [-0.15, -0.1) is 0 Å². The van der Waals surface area contributed by atoms with E-state index in [2.05, 4.69) is 12.2 Å². The Morgan fingerprint density at radius 2 is 2.00 bits per heavy atom. The topological polar surface area (TPSA) is 32.3 Å². The Morgan fingerprint density at radius 1 is 1.33 bits per heavy atom. The lowest BCUT2D eigenvalue weighted by Crippen LogP contribution is -2.49. The quantitative estimate of drug-likeness (QED) is 0.866. The Hall–Kier alpha value is -1.35. The molecule has 1 aliphatic rings. The van der Waals surface area contributed by atoms with E-state index < -0.39 is 0 Å².